The molecule has 1 aromatic heterocycles. The Labute approximate surface area is 109 Å². The molecule has 18 heavy (non-hydrogen) atoms. The van der Waals surface area contributed by atoms with Crippen LogP contribution in [-0.2, 0) is 0 Å². The van der Waals surface area contributed by atoms with E-state index in [0.717, 1.165) is 11.3 Å². The van der Waals surface area contributed by atoms with E-state index < -0.39 is 0 Å². The third-order valence-electron chi connectivity index (χ3n) is 2.65. The van der Waals surface area contributed by atoms with Gasteiger partial charge in [0.2, 0.25) is 0 Å². The molecule has 0 saturated carbocycles. The predicted molar refractivity (Wildman–Crippen MR) is 69.1 cm³/mol. The monoisotopic (exact) mass is 262 g/mol. The lowest BCUT2D eigenvalue weighted by Gasteiger charge is -2.11. The molecule has 0 amide bonds. The van der Waals surface area contributed by atoms with Crippen LogP contribution in [0, 0.1) is 0 Å². The topological polar surface area (TPSA) is 57.5 Å². The predicted octanol–water partition coefficient (Wildman–Crippen LogP) is 1.14. The molecule has 2 heterocycles. The smallest absolute Gasteiger partial charge is 0.177 e. The maximum atomic E-state index is 6.34. The number of aromatic nitrogens is 2. The Morgan fingerprint density at radius 1 is 1.22 bits per heavy atom. The molecule has 0 spiro atoms. The number of para-hydroxylation sites is 1. The summed E-state index contributed by atoms with van der Waals surface area (Å²) in [5.41, 5.74) is 7.17. The third-order valence-corrected chi connectivity index (χ3v) is 3.01. The molecule has 2 N–H and O–H groups in total. The number of nitrogens with one attached hydrogen (secondary N) is 2. The summed E-state index contributed by atoms with van der Waals surface area (Å²) in [4.78, 5) is 0. The highest BCUT2D eigenvalue weighted by molar-refractivity contribution is 6.33. The second-order valence-electron chi connectivity index (χ2n) is 3.81. The van der Waals surface area contributed by atoms with Gasteiger partial charge in [0.05, 0.1) is 17.4 Å². The number of halogens is 1. The number of hydrogen-bond donors (Lipinski definition) is 2. The van der Waals surface area contributed by atoms with Crippen LogP contribution in [-0.4, -0.2) is 27.7 Å². The fourth-order valence-electron chi connectivity index (χ4n) is 1.75. The number of hydrazone groups is 1. The largest absolute Gasteiger partial charge is 0.274 e. The Balaban J connectivity index is 2.03. The van der Waals surface area contributed by atoms with E-state index in [4.69, 9.17) is 11.6 Å². The van der Waals surface area contributed by atoms with Gasteiger partial charge in [-0.05, 0) is 12.1 Å². The van der Waals surface area contributed by atoms with Crippen molar-refractivity contribution in [1.82, 2.24) is 25.9 Å². The SMILES string of the molecule is CN1NNN=C1c1cnn(-c2ccccc2)c1Cl. The lowest BCUT2D eigenvalue weighted by Crippen LogP contribution is -2.37. The van der Waals surface area contributed by atoms with Gasteiger partial charge in [0.15, 0.2) is 5.84 Å². The molecule has 1 aliphatic heterocycles. The minimum atomic E-state index is 0.525. The van der Waals surface area contributed by atoms with Gasteiger partial charge in [-0.1, -0.05) is 29.8 Å². The Hall–Kier alpha value is -2.05. The first-order valence-electron chi connectivity index (χ1n) is 5.39. The van der Waals surface area contributed by atoms with Gasteiger partial charge in [-0.3, -0.25) is 5.01 Å². The van der Waals surface area contributed by atoms with Crippen LogP contribution in [0.1, 0.15) is 5.56 Å². The molecular formula is C11H11ClN6. The number of hydrogen-bond acceptors (Lipinski definition) is 5. The van der Waals surface area contributed by atoms with E-state index in [0.29, 0.717) is 11.0 Å². The number of benzene rings is 1. The molecule has 0 fully saturated rings. The van der Waals surface area contributed by atoms with Crippen LogP contribution in [0.3, 0.4) is 0 Å². The molecule has 0 atom stereocenters. The van der Waals surface area contributed by atoms with Crippen molar-refractivity contribution in [3.05, 3.63) is 47.2 Å². The Morgan fingerprint density at radius 3 is 2.67 bits per heavy atom. The van der Waals surface area contributed by atoms with Gasteiger partial charge in [-0.15, -0.1) is 10.6 Å². The standard InChI is InChI=1S/C11H11ClN6/c1-17-11(14-15-16-17)9-7-13-18(10(9)12)8-5-3-2-4-6-8/h2-7,15-16H,1H3. The van der Waals surface area contributed by atoms with Gasteiger partial charge in [-0.25, -0.2) is 10.2 Å². The third kappa shape index (κ3) is 1.71. The summed E-state index contributed by atoms with van der Waals surface area (Å²) in [5, 5.41) is 10.6. The van der Waals surface area contributed by atoms with Crippen molar-refractivity contribution in [3.63, 3.8) is 0 Å². The van der Waals surface area contributed by atoms with Crippen LogP contribution < -0.4 is 11.1 Å². The molecule has 6 nitrogen and oxygen atoms in total. The first-order chi connectivity index (χ1) is 8.77. The van der Waals surface area contributed by atoms with Crippen LogP contribution >= 0.6 is 11.6 Å². The van der Waals surface area contributed by atoms with Crippen molar-refractivity contribution < 1.29 is 0 Å². The van der Waals surface area contributed by atoms with Gasteiger partial charge < -0.3 is 0 Å². The summed E-state index contributed by atoms with van der Waals surface area (Å²) < 4.78 is 1.67. The van der Waals surface area contributed by atoms with E-state index in [1.807, 2.05) is 37.4 Å². The molecule has 3 rings (SSSR count). The van der Waals surface area contributed by atoms with Crippen molar-refractivity contribution in [1.29, 1.82) is 0 Å². The van der Waals surface area contributed by atoms with E-state index in [9.17, 15) is 0 Å². The number of rotatable bonds is 2. The minimum Gasteiger partial charge on any atom is -0.274 e. The van der Waals surface area contributed by atoms with Crippen molar-refractivity contribution in [2.24, 2.45) is 5.10 Å². The van der Waals surface area contributed by atoms with E-state index in [1.54, 1.807) is 15.9 Å². The summed E-state index contributed by atoms with van der Waals surface area (Å²) in [6, 6.07) is 9.72. The van der Waals surface area contributed by atoms with E-state index >= 15 is 0 Å². The highest BCUT2D eigenvalue weighted by Crippen LogP contribution is 2.21. The van der Waals surface area contributed by atoms with Crippen LogP contribution in [0.15, 0.2) is 41.6 Å². The number of amidine groups is 1. The average molecular weight is 263 g/mol. The zero-order chi connectivity index (χ0) is 12.5. The maximum absolute atomic E-state index is 6.34. The van der Waals surface area contributed by atoms with Crippen LogP contribution in [0.4, 0.5) is 0 Å². The van der Waals surface area contributed by atoms with Crippen molar-refractivity contribution in [2.75, 3.05) is 7.05 Å². The molecule has 2 aromatic rings. The van der Waals surface area contributed by atoms with Gasteiger partial charge in [-0.2, -0.15) is 5.10 Å². The molecule has 0 bridgehead atoms. The highest BCUT2D eigenvalue weighted by Gasteiger charge is 2.21. The molecule has 0 aliphatic carbocycles. The summed E-state index contributed by atoms with van der Waals surface area (Å²) in [6.07, 6.45) is 1.69. The lowest BCUT2D eigenvalue weighted by atomic mass is 10.3. The Kier molecular flexibility index (Phi) is 2.66. The molecule has 7 heteroatoms. The normalized spacial score (nSPS) is 14.6. The fourth-order valence-corrected chi connectivity index (χ4v) is 2.03. The quantitative estimate of drug-likeness (QED) is 0.852. The Bertz CT molecular complexity index is 591. The molecular weight excluding hydrogens is 252 g/mol. The molecule has 0 saturated heterocycles. The fraction of sp³-hybridized carbons (Fsp3) is 0.0909. The molecule has 0 radical (unpaired) electrons. The van der Waals surface area contributed by atoms with Crippen LogP contribution in [0.5, 0.6) is 0 Å². The Morgan fingerprint density at radius 2 is 2.00 bits per heavy atom. The van der Waals surface area contributed by atoms with Crippen molar-refractivity contribution in [3.8, 4) is 5.69 Å². The summed E-state index contributed by atoms with van der Waals surface area (Å²) >= 11 is 6.34. The minimum absolute atomic E-state index is 0.525. The highest BCUT2D eigenvalue weighted by atomic mass is 35.5. The van der Waals surface area contributed by atoms with Gasteiger partial charge >= 0.3 is 0 Å². The summed E-state index contributed by atoms with van der Waals surface area (Å²) in [6.45, 7) is 0. The zero-order valence-electron chi connectivity index (χ0n) is 9.63. The van der Waals surface area contributed by atoms with E-state index in [1.165, 1.54) is 0 Å². The van der Waals surface area contributed by atoms with Crippen molar-refractivity contribution >= 4 is 17.4 Å². The number of hydrazine groups is 2. The summed E-state index contributed by atoms with van der Waals surface area (Å²) in [5.74, 6) is 0.696. The lowest BCUT2D eigenvalue weighted by molar-refractivity contribution is 0.349. The molecule has 1 aromatic carbocycles. The first-order valence-corrected chi connectivity index (χ1v) is 5.76. The zero-order valence-corrected chi connectivity index (χ0v) is 10.4. The van der Waals surface area contributed by atoms with Crippen LogP contribution in [0.2, 0.25) is 5.15 Å². The molecule has 1 aliphatic rings. The maximum Gasteiger partial charge on any atom is 0.177 e. The van der Waals surface area contributed by atoms with E-state index in [2.05, 4.69) is 21.3 Å². The second kappa shape index (κ2) is 4.32. The van der Waals surface area contributed by atoms with Gasteiger partial charge in [0.25, 0.3) is 0 Å². The van der Waals surface area contributed by atoms with Crippen LogP contribution in [0.25, 0.3) is 5.69 Å². The molecule has 0 unspecified atom stereocenters. The average Bonchev–Trinajstić information content (AvgIpc) is 2.96. The molecule has 92 valence electrons. The summed E-state index contributed by atoms with van der Waals surface area (Å²) in [7, 11) is 1.84. The number of nitrogens with zero attached hydrogens (tertiary/aromatic N) is 4. The van der Waals surface area contributed by atoms with Gasteiger partial charge in [0, 0.05) is 7.05 Å². The first kappa shape index (κ1) is 11.1. The van der Waals surface area contributed by atoms with Gasteiger partial charge in [0.1, 0.15) is 5.15 Å². The van der Waals surface area contributed by atoms with E-state index in [-0.39, 0.29) is 0 Å². The second-order valence-corrected chi connectivity index (χ2v) is 4.17. The van der Waals surface area contributed by atoms with Crippen molar-refractivity contribution in [2.45, 2.75) is 0 Å².